The van der Waals surface area contributed by atoms with Crippen LogP contribution in [0.4, 0.5) is 0 Å². The molecule has 1 aromatic rings. The fraction of sp³-hybridized carbons (Fsp3) is 0.750. The first kappa shape index (κ1) is 13.9. The maximum absolute atomic E-state index is 6.21. The number of halogens is 2. The van der Waals surface area contributed by atoms with Gasteiger partial charge in [-0.05, 0) is 33.1 Å². The summed E-state index contributed by atoms with van der Waals surface area (Å²) in [5, 5.41) is 5.29. The third kappa shape index (κ3) is 3.67. The molecule has 92 valence electrons. The molecule has 0 saturated heterocycles. The Balaban J connectivity index is 2.62. The molecule has 0 N–H and O–H groups in total. The van der Waals surface area contributed by atoms with E-state index in [0.29, 0.717) is 6.04 Å². The van der Waals surface area contributed by atoms with Gasteiger partial charge < -0.3 is 0 Å². The molecule has 1 aromatic heterocycles. The summed E-state index contributed by atoms with van der Waals surface area (Å²) >= 11 is 12.3. The fourth-order valence-corrected chi connectivity index (χ4v) is 2.35. The molecule has 2 nitrogen and oxygen atoms in total. The monoisotopic (exact) mass is 262 g/mol. The predicted octanol–water partition coefficient (Wildman–Crippen LogP) is 4.46. The predicted molar refractivity (Wildman–Crippen MR) is 70.5 cm³/mol. The zero-order valence-corrected chi connectivity index (χ0v) is 11.7. The van der Waals surface area contributed by atoms with E-state index in [1.165, 1.54) is 0 Å². The highest BCUT2D eigenvalue weighted by atomic mass is 35.5. The van der Waals surface area contributed by atoms with Gasteiger partial charge in [-0.25, -0.2) is 0 Å². The average Bonchev–Trinajstić information content (AvgIpc) is 2.57. The summed E-state index contributed by atoms with van der Waals surface area (Å²) in [6, 6.07) is 0.349. The average molecular weight is 263 g/mol. The molecule has 0 saturated carbocycles. The Bertz CT molecular complexity index is 321. The number of hydrogen-bond donors (Lipinski definition) is 0. The molecule has 0 aromatic carbocycles. The molecule has 4 heteroatoms. The fourth-order valence-electron chi connectivity index (χ4n) is 1.80. The summed E-state index contributed by atoms with van der Waals surface area (Å²) in [6.07, 6.45) is 5.79. The number of hydrogen-bond acceptors (Lipinski definition) is 1. The third-order valence-corrected chi connectivity index (χ3v) is 3.39. The quantitative estimate of drug-likeness (QED) is 0.693. The van der Waals surface area contributed by atoms with E-state index in [-0.39, 0.29) is 5.38 Å². The molecule has 1 heterocycles. The third-order valence-electron chi connectivity index (χ3n) is 2.63. The minimum absolute atomic E-state index is 0.247. The number of rotatable bonds is 6. The highest BCUT2D eigenvalue weighted by molar-refractivity contribution is 6.31. The van der Waals surface area contributed by atoms with Crippen LogP contribution in [0.25, 0.3) is 0 Å². The van der Waals surface area contributed by atoms with E-state index in [4.69, 9.17) is 23.2 Å². The van der Waals surface area contributed by atoms with Crippen LogP contribution < -0.4 is 0 Å². The molecule has 0 amide bonds. The van der Waals surface area contributed by atoms with Crippen molar-refractivity contribution in [3.8, 4) is 0 Å². The molecule has 0 aliphatic carbocycles. The first-order valence-electron chi connectivity index (χ1n) is 5.92. The Kier molecular flexibility index (Phi) is 5.63. The minimum atomic E-state index is 0.247. The number of alkyl halides is 1. The molecular formula is C12H20Cl2N2. The van der Waals surface area contributed by atoms with Gasteiger partial charge in [-0.15, -0.1) is 11.6 Å². The van der Waals surface area contributed by atoms with E-state index >= 15 is 0 Å². The standard InChI is InChI=1S/C12H20Cl2N2/c1-4-5-10(13)6-7-12-11(14)8-15-16(12)9(2)3/h8-10H,4-7H2,1-3H3. The van der Waals surface area contributed by atoms with Crippen LogP contribution in [-0.2, 0) is 6.42 Å². The van der Waals surface area contributed by atoms with Gasteiger partial charge in [0.2, 0.25) is 0 Å². The first-order valence-corrected chi connectivity index (χ1v) is 6.73. The molecule has 1 atom stereocenters. The molecule has 0 aliphatic rings. The van der Waals surface area contributed by atoms with E-state index in [2.05, 4.69) is 25.9 Å². The van der Waals surface area contributed by atoms with E-state index in [0.717, 1.165) is 36.4 Å². The summed E-state index contributed by atoms with van der Waals surface area (Å²) in [5.41, 5.74) is 1.11. The van der Waals surface area contributed by atoms with Gasteiger partial charge in [-0.2, -0.15) is 5.10 Å². The second kappa shape index (κ2) is 6.51. The lowest BCUT2D eigenvalue weighted by atomic mass is 10.1. The van der Waals surface area contributed by atoms with Crippen molar-refractivity contribution in [2.24, 2.45) is 0 Å². The second-order valence-corrected chi connectivity index (χ2v) is 5.43. The van der Waals surface area contributed by atoms with Gasteiger partial charge in [0, 0.05) is 11.4 Å². The molecule has 0 radical (unpaired) electrons. The Morgan fingerprint density at radius 1 is 1.38 bits per heavy atom. The molecule has 0 spiro atoms. The van der Waals surface area contributed by atoms with Gasteiger partial charge in [-0.3, -0.25) is 4.68 Å². The molecular weight excluding hydrogens is 243 g/mol. The molecule has 16 heavy (non-hydrogen) atoms. The maximum atomic E-state index is 6.21. The zero-order chi connectivity index (χ0) is 12.1. The molecule has 0 aliphatic heterocycles. The van der Waals surface area contributed by atoms with Crippen molar-refractivity contribution in [2.75, 3.05) is 0 Å². The van der Waals surface area contributed by atoms with Crippen molar-refractivity contribution >= 4 is 23.2 Å². The van der Waals surface area contributed by atoms with E-state index < -0.39 is 0 Å². The van der Waals surface area contributed by atoms with Crippen LogP contribution in [-0.4, -0.2) is 15.2 Å². The summed E-state index contributed by atoms with van der Waals surface area (Å²) in [7, 11) is 0. The van der Waals surface area contributed by atoms with Crippen LogP contribution in [0, 0.1) is 0 Å². The Hall–Kier alpha value is -0.210. The van der Waals surface area contributed by atoms with Gasteiger partial charge in [0.25, 0.3) is 0 Å². The maximum Gasteiger partial charge on any atom is 0.0817 e. The summed E-state index contributed by atoms with van der Waals surface area (Å²) in [4.78, 5) is 0. The van der Waals surface area contributed by atoms with Crippen molar-refractivity contribution < 1.29 is 0 Å². The van der Waals surface area contributed by atoms with Crippen molar-refractivity contribution in [1.29, 1.82) is 0 Å². The van der Waals surface area contributed by atoms with Crippen LogP contribution in [0.15, 0.2) is 6.20 Å². The number of aromatic nitrogens is 2. The Morgan fingerprint density at radius 3 is 2.62 bits per heavy atom. The topological polar surface area (TPSA) is 17.8 Å². The molecule has 1 unspecified atom stereocenters. The van der Waals surface area contributed by atoms with Crippen molar-refractivity contribution in [2.45, 2.75) is 57.9 Å². The molecule has 0 bridgehead atoms. The van der Waals surface area contributed by atoms with E-state index in [9.17, 15) is 0 Å². The van der Waals surface area contributed by atoms with Gasteiger partial charge in [0.1, 0.15) is 0 Å². The van der Waals surface area contributed by atoms with Crippen molar-refractivity contribution in [3.63, 3.8) is 0 Å². The summed E-state index contributed by atoms with van der Waals surface area (Å²) < 4.78 is 1.98. The largest absolute Gasteiger partial charge is 0.266 e. The smallest absolute Gasteiger partial charge is 0.0817 e. The highest BCUT2D eigenvalue weighted by Crippen LogP contribution is 2.22. The van der Waals surface area contributed by atoms with Crippen LogP contribution in [0.3, 0.4) is 0 Å². The lowest BCUT2D eigenvalue weighted by molar-refractivity contribution is 0.502. The second-order valence-electron chi connectivity index (χ2n) is 4.40. The van der Waals surface area contributed by atoms with Crippen molar-refractivity contribution in [1.82, 2.24) is 9.78 Å². The molecule has 1 rings (SSSR count). The highest BCUT2D eigenvalue weighted by Gasteiger charge is 2.13. The summed E-state index contributed by atoms with van der Waals surface area (Å²) in [6.45, 7) is 6.37. The zero-order valence-electron chi connectivity index (χ0n) is 10.2. The van der Waals surface area contributed by atoms with Crippen LogP contribution in [0.1, 0.15) is 51.8 Å². The summed E-state index contributed by atoms with van der Waals surface area (Å²) in [5.74, 6) is 0. The van der Waals surface area contributed by atoms with Gasteiger partial charge in [0.15, 0.2) is 0 Å². The van der Waals surface area contributed by atoms with Gasteiger partial charge in [0.05, 0.1) is 16.9 Å². The van der Waals surface area contributed by atoms with Crippen LogP contribution in [0.5, 0.6) is 0 Å². The van der Waals surface area contributed by atoms with E-state index in [1.807, 2.05) is 4.68 Å². The van der Waals surface area contributed by atoms with Gasteiger partial charge in [-0.1, -0.05) is 24.9 Å². The molecule has 0 fully saturated rings. The SMILES string of the molecule is CCCC(Cl)CCc1c(Cl)cnn1C(C)C. The normalized spacial score (nSPS) is 13.4. The minimum Gasteiger partial charge on any atom is -0.266 e. The first-order chi connectivity index (χ1) is 7.56. The Morgan fingerprint density at radius 2 is 2.06 bits per heavy atom. The Labute approximate surface area is 108 Å². The van der Waals surface area contributed by atoms with E-state index in [1.54, 1.807) is 6.20 Å². The van der Waals surface area contributed by atoms with Crippen LogP contribution >= 0.6 is 23.2 Å². The lowest BCUT2D eigenvalue weighted by Crippen LogP contribution is -2.09. The number of nitrogens with zero attached hydrogens (tertiary/aromatic N) is 2. The van der Waals surface area contributed by atoms with Crippen molar-refractivity contribution in [3.05, 3.63) is 16.9 Å². The van der Waals surface area contributed by atoms with Crippen LogP contribution in [0.2, 0.25) is 5.02 Å². The lowest BCUT2D eigenvalue weighted by Gasteiger charge is -2.13. The van der Waals surface area contributed by atoms with Gasteiger partial charge >= 0.3 is 0 Å².